The monoisotopic (exact) mass is 417 g/mol. The second-order valence-electron chi connectivity index (χ2n) is 7.94. The molecule has 0 spiro atoms. The Labute approximate surface area is 175 Å². The Morgan fingerprint density at radius 3 is 2.48 bits per heavy atom. The van der Waals surface area contributed by atoms with Gasteiger partial charge in [-0.1, -0.05) is 6.92 Å². The molecule has 7 heteroatoms. The summed E-state index contributed by atoms with van der Waals surface area (Å²) in [7, 11) is 1.29. The Kier molecular flexibility index (Phi) is 5.98. The largest absolute Gasteiger partial charge is 0.468 e. The zero-order chi connectivity index (χ0) is 21.5. The third-order valence-electron chi connectivity index (χ3n) is 5.35. The van der Waals surface area contributed by atoms with Gasteiger partial charge in [0.25, 0.3) is 0 Å². The molecule has 0 bridgehead atoms. The lowest BCUT2D eigenvalue weighted by molar-refractivity contribution is -0.151. The topological polar surface area (TPSA) is 81.7 Å². The van der Waals surface area contributed by atoms with Crippen LogP contribution in [0.25, 0.3) is 0 Å². The second kappa shape index (κ2) is 8.14. The van der Waals surface area contributed by atoms with Crippen LogP contribution in [0.2, 0.25) is 0 Å². The van der Waals surface area contributed by atoms with E-state index >= 15 is 0 Å². The number of hydrogen-bond donors (Lipinski definition) is 1. The number of thiophene rings is 1. The van der Waals surface area contributed by atoms with E-state index in [1.54, 1.807) is 13.8 Å². The minimum atomic E-state index is -0.870. The number of carbonyl (C=O) groups is 3. The highest BCUT2D eigenvalue weighted by atomic mass is 32.1. The molecule has 3 rings (SSSR count). The Hall–Kier alpha value is -2.41. The van der Waals surface area contributed by atoms with E-state index < -0.39 is 23.8 Å². The maximum Gasteiger partial charge on any atom is 0.337 e. The molecule has 1 aliphatic carbocycles. The molecule has 29 heavy (non-hydrogen) atoms. The van der Waals surface area contributed by atoms with Crippen LogP contribution < -0.4 is 5.32 Å². The lowest BCUT2D eigenvalue weighted by Crippen LogP contribution is -2.43. The summed E-state index contributed by atoms with van der Waals surface area (Å²) in [6.07, 6.45) is 0.250. The first kappa shape index (κ1) is 21.3. The number of allylic oxidation sites excluding steroid dienone is 3. The molecule has 3 atom stereocenters. The van der Waals surface area contributed by atoms with Crippen LogP contribution in [0.4, 0.5) is 0 Å². The standard InChI is InChI=1S/C22H27NO5S/c1-10(2)28-22(26)17-13(5)23-14-9-11(3)16(21(25)27-6)20(24)18(14)19(17)15-8-7-12(4)29-15/h7-8,10-11,16,19,23H,9H2,1-6H3. The van der Waals surface area contributed by atoms with Crippen molar-refractivity contribution in [2.45, 2.75) is 53.1 Å². The van der Waals surface area contributed by atoms with Crippen molar-refractivity contribution in [3.05, 3.63) is 44.4 Å². The molecule has 0 aromatic carbocycles. The summed E-state index contributed by atoms with van der Waals surface area (Å²) in [5.41, 5.74) is 2.35. The van der Waals surface area contributed by atoms with Gasteiger partial charge < -0.3 is 14.8 Å². The zero-order valence-corrected chi connectivity index (χ0v) is 18.4. The smallest absolute Gasteiger partial charge is 0.337 e. The molecule has 0 saturated carbocycles. The lowest BCUT2D eigenvalue weighted by Gasteiger charge is -2.37. The van der Waals surface area contributed by atoms with Crippen LogP contribution in [0, 0.1) is 18.8 Å². The first-order chi connectivity index (χ1) is 13.6. The summed E-state index contributed by atoms with van der Waals surface area (Å²) in [4.78, 5) is 40.8. The van der Waals surface area contributed by atoms with Gasteiger partial charge >= 0.3 is 11.9 Å². The third-order valence-corrected chi connectivity index (χ3v) is 6.42. The van der Waals surface area contributed by atoms with E-state index in [9.17, 15) is 14.4 Å². The Morgan fingerprint density at radius 1 is 1.24 bits per heavy atom. The van der Waals surface area contributed by atoms with Crippen molar-refractivity contribution < 1.29 is 23.9 Å². The second-order valence-corrected chi connectivity index (χ2v) is 9.26. The summed E-state index contributed by atoms with van der Waals surface area (Å²) in [5, 5.41) is 3.26. The van der Waals surface area contributed by atoms with E-state index in [0.29, 0.717) is 23.3 Å². The summed E-state index contributed by atoms with van der Waals surface area (Å²) in [5.74, 6) is -2.88. The predicted molar refractivity (Wildman–Crippen MR) is 110 cm³/mol. The molecule has 1 aromatic rings. The van der Waals surface area contributed by atoms with E-state index in [2.05, 4.69) is 5.32 Å². The van der Waals surface area contributed by atoms with Crippen LogP contribution in [0.1, 0.15) is 49.8 Å². The van der Waals surface area contributed by atoms with Gasteiger partial charge in [-0.2, -0.15) is 0 Å². The molecule has 0 amide bonds. The van der Waals surface area contributed by atoms with Crippen molar-refractivity contribution in [1.29, 1.82) is 0 Å². The molecular weight excluding hydrogens is 390 g/mol. The highest BCUT2D eigenvalue weighted by Crippen LogP contribution is 2.47. The summed E-state index contributed by atoms with van der Waals surface area (Å²) < 4.78 is 10.4. The van der Waals surface area contributed by atoms with Gasteiger partial charge in [-0.25, -0.2) is 4.79 Å². The van der Waals surface area contributed by atoms with Gasteiger partial charge in [-0.05, 0) is 52.2 Å². The van der Waals surface area contributed by atoms with Gasteiger partial charge in [0.15, 0.2) is 5.78 Å². The molecule has 0 radical (unpaired) electrons. The van der Waals surface area contributed by atoms with Crippen LogP contribution in [0.5, 0.6) is 0 Å². The van der Waals surface area contributed by atoms with Gasteiger partial charge in [0.2, 0.25) is 0 Å². The first-order valence-corrected chi connectivity index (χ1v) is 10.6. The number of ether oxygens (including phenoxy) is 2. The van der Waals surface area contributed by atoms with Crippen molar-refractivity contribution in [2.24, 2.45) is 11.8 Å². The normalized spacial score (nSPS) is 24.4. The number of esters is 2. The Bertz CT molecular complexity index is 923. The molecule has 6 nitrogen and oxygen atoms in total. The van der Waals surface area contributed by atoms with Crippen LogP contribution >= 0.6 is 11.3 Å². The average Bonchev–Trinajstić information content (AvgIpc) is 3.05. The SMILES string of the molecule is COC(=O)C1C(=O)C2=C(CC1C)NC(C)=C(C(=O)OC(C)C)C2c1ccc(C)s1. The van der Waals surface area contributed by atoms with Crippen molar-refractivity contribution in [3.8, 4) is 0 Å². The number of ketones is 1. The molecule has 2 heterocycles. The number of rotatable bonds is 4. The molecule has 156 valence electrons. The molecule has 1 aliphatic heterocycles. The van der Waals surface area contributed by atoms with E-state index in [1.807, 2.05) is 32.9 Å². The van der Waals surface area contributed by atoms with Crippen LogP contribution in [0.3, 0.4) is 0 Å². The van der Waals surface area contributed by atoms with Crippen molar-refractivity contribution >= 4 is 29.1 Å². The molecule has 0 fully saturated rings. The highest BCUT2D eigenvalue weighted by Gasteiger charge is 2.47. The summed E-state index contributed by atoms with van der Waals surface area (Å²) >= 11 is 1.54. The molecule has 3 unspecified atom stereocenters. The summed E-state index contributed by atoms with van der Waals surface area (Å²) in [6.45, 7) is 9.27. The molecular formula is C22H27NO5S. The van der Waals surface area contributed by atoms with Crippen LogP contribution in [-0.2, 0) is 23.9 Å². The van der Waals surface area contributed by atoms with E-state index in [4.69, 9.17) is 9.47 Å². The van der Waals surface area contributed by atoms with Gasteiger partial charge in [-0.15, -0.1) is 11.3 Å². The Morgan fingerprint density at radius 2 is 1.93 bits per heavy atom. The van der Waals surface area contributed by atoms with Crippen molar-refractivity contribution in [2.75, 3.05) is 7.11 Å². The average molecular weight is 418 g/mol. The lowest BCUT2D eigenvalue weighted by atomic mass is 9.70. The van der Waals surface area contributed by atoms with Crippen LogP contribution in [-0.4, -0.2) is 30.9 Å². The van der Waals surface area contributed by atoms with Gasteiger partial charge in [0, 0.05) is 26.7 Å². The molecule has 1 N–H and O–H groups in total. The number of Topliss-reactive ketones (excluding diaryl/α,β-unsaturated/α-hetero) is 1. The fourth-order valence-corrected chi connectivity index (χ4v) is 5.12. The van der Waals surface area contributed by atoms with E-state index in [0.717, 1.165) is 15.5 Å². The quantitative estimate of drug-likeness (QED) is 0.595. The minimum absolute atomic E-state index is 0.191. The maximum absolute atomic E-state index is 13.5. The molecule has 2 aliphatic rings. The maximum atomic E-state index is 13.5. The fourth-order valence-electron chi connectivity index (χ4n) is 4.12. The van der Waals surface area contributed by atoms with Gasteiger partial charge in [0.05, 0.1) is 24.7 Å². The highest BCUT2D eigenvalue weighted by molar-refractivity contribution is 7.12. The van der Waals surface area contributed by atoms with Crippen molar-refractivity contribution in [1.82, 2.24) is 5.32 Å². The molecule has 1 aromatic heterocycles. The number of carbonyl (C=O) groups excluding carboxylic acids is 3. The number of nitrogens with one attached hydrogen (secondary N) is 1. The minimum Gasteiger partial charge on any atom is -0.468 e. The zero-order valence-electron chi connectivity index (χ0n) is 17.6. The van der Waals surface area contributed by atoms with Gasteiger partial charge in [0.1, 0.15) is 5.92 Å². The van der Waals surface area contributed by atoms with Crippen LogP contribution in [0.15, 0.2) is 34.7 Å². The predicted octanol–water partition coefficient (Wildman–Crippen LogP) is 3.62. The summed E-state index contributed by atoms with van der Waals surface area (Å²) in [6, 6.07) is 3.91. The number of hydrogen-bond acceptors (Lipinski definition) is 7. The van der Waals surface area contributed by atoms with Crippen molar-refractivity contribution in [3.63, 3.8) is 0 Å². The number of methoxy groups -OCH3 is 1. The number of dihydropyridines is 1. The molecule has 0 saturated heterocycles. The van der Waals surface area contributed by atoms with Gasteiger partial charge in [-0.3, -0.25) is 9.59 Å². The third kappa shape index (κ3) is 3.88. The Balaban J connectivity index is 2.15. The van der Waals surface area contributed by atoms with E-state index in [-0.39, 0.29) is 17.8 Å². The first-order valence-electron chi connectivity index (χ1n) is 9.75. The number of aryl methyl sites for hydroxylation is 1. The van der Waals surface area contributed by atoms with E-state index in [1.165, 1.54) is 18.4 Å². The fraction of sp³-hybridized carbons (Fsp3) is 0.500.